The normalized spacial score (nSPS) is 15.8. The highest BCUT2D eigenvalue weighted by Gasteiger charge is 2.14. The quantitative estimate of drug-likeness (QED) is 0.836. The molecule has 0 bridgehead atoms. The molecule has 4 nitrogen and oxygen atoms in total. The van der Waals surface area contributed by atoms with E-state index < -0.39 is 0 Å². The molecule has 0 atom stereocenters. The molecule has 0 saturated carbocycles. The lowest BCUT2D eigenvalue weighted by atomic mass is 10.2. The van der Waals surface area contributed by atoms with E-state index in [9.17, 15) is 4.79 Å². The third-order valence-corrected chi connectivity index (χ3v) is 3.49. The lowest BCUT2D eigenvalue weighted by Gasteiger charge is -2.19. The number of ether oxygens (including phenoxy) is 1. The average molecular weight is 276 g/mol. The molecule has 0 radical (unpaired) electrons. The topological polar surface area (TPSA) is 41.6 Å². The Bertz CT molecular complexity index is 426. The Kier molecular flexibility index (Phi) is 5.87. The lowest BCUT2D eigenvalue weighted by Crippen LogP contribution is -2.34. The first kappa shape index (κ1) is 14.9. The van der Waals surface area contributed by atoms with Gasteiger partial charge in [-0.3, -0.25) is 4.79 Å². The van der Waals surface area contributed by atoms with E-state index in [0.717, 1.165) is 44.8 Å². The first-order chi connectivity index (χ1) is 9.75. The van der Waals surface area contributed by atoms with Gasteiger partial charge in [-0.15, -0.1) is 0 Å². The molecule has 20 heavy (non-hydrogen) atoms. The summed E-state index contributed by atoms with van der Waals surface area (Å²) >= 11 is 0. The molecule has 1 aromatic carbocycles. The molecule has 0 aliphatic carbocycles. The van der Waals surface area contributed by atoms with Crippen LogP contribution in [0.2, 0.25) is 0 Å². The summed E-state index contributed by atoms with van der Waals surface area (Å²) in [4.78, 5) is 14.0. The SMILES string of the molecule is Cc1cccc(OCCCC(=O)N2CCCNCC2)c1. The number of rotatable bonds is 5. The van der Waals surface area contributed by atoms with Gasteiger partial charge in [0.1, 0.15) is 5.75 Å². The summed E-state index contributed by atoms with van der Waals surface area (Å²) in [5.41, 5.74) is 1.19. The van der Waals surface area contributed by atoms with Crippen molar-refractivity contribution in [2.45, 2.75) is 26.2 Å². The minimum atomic E-state index is 0.251. The maximum Gasteiger partial charge on any atom is 0.222 e. The van der Waals surface area contributed by atoms with Crippen LogP contribution in [-0.4, -0.2) is 43.6 Å². The molecular formula is C16H24N2O2. The monoisotopic (exact) mass is 276 g/mol. The summed E-state index contributed by atoms with van der Waals surface area (Å²) < 4.78 is 5.67. The molecule has 1 fully saturated rings. The second-order valence-electron chi connectivity index (χ2n) is 5.25. The lowest BCUT2D eigenvalue weighted by molar-refractivity contribution is -0.131. The maximum absolute atomic E-state index is 12.1. The molecule has 4 heteroatoms. The number of carbonyl (C=O) groups excluding carboxylic acids is 1. The largest absolute Gasteiger partial charge is 0.494 e. The molecule has 0 aromatic heterocycles. The van der Waals surface area contributed by atoms with E-state index >= 15 is 0 Å². The molecule has 1 saturated heterocycles. The van der Waals surface area contributed by atoms with Crippen LogP contribution in [0.5, 0.6) is 5.75 Å². The van der Waals surface area contributed by atoms with Crippen LogP contribution in [0.25, 0.3) is 0 Å². The van der Waals surface area contributed by atoms with Gasteiger partial charge in [-0.05, 0) is 44.0 Å². The van der Waals surface area contributed by atoms with Crippen molar-refractivity contribution >= 4 is 5.91 Å². The minimum Gasteiger partial charge on any atom is -0.494 e. The van der Waals surface area contributed by atoms with Crippen molar-refractivity contribution in [1.82, 2.24) is 10.2 Å². The fraction of sp³-hybridized carbons (Fsp3) is 0.562. The molecule has 0 spiro atoms. The van der Waals surface area contributed by atoms with Gasteiger partial charge in [-0.25, -0.2) is 0 Å². The Balaban J connectivity index is 1.66. The Morgan fingerprint density at radius 3 is 3.10 bits per heavy atom. The van der Waals surface area contributed by atoms with Gasteiger partial charge in [0.2, 0.25) is 5.91 Å². The molecule has 1 N–H and O–H groups in total. The second-order valence-corrected chi connectivity index (χ2v) is 5.25. The van der Waals surface area contributed by atoms with Gasteiger partial charge in [-0.1, -0.05) is 12.1 Å². The first-order valence-electron chi connectivity index (χ1n) is 7.44. The number of hydrogen-bond donors (Lipinski definition) is 1. The molecule has 1 aliphatic heterocycles. The van der Waals surface area contributed by atoms with Crippen LogP contribution in [0, 0.1) is 6.92 Å². The summed E-state index contributed by atoms with van der Waals surface area (Å²) in [5.74, 6) is 1.14. The molecule has 1 aliphatic rings. The van der Waals surface area contributed by atoms with Gasteiger partial charge in [0.25, 0.3) is 0 Å². The highest BCUT2D eigenvalue weighted by Crippen LogP contribution is 2.13. The summed E-state index contributed by atoms with van der Waals surface area (Å²) in [5, 5.41) is 3.31. The van der Waals surface area contributed by atoms with Crippen molar-refractivity contribution in [2.24, 2.45) is 0 Å². The summed E-state index contributed by atoms with van der Waals surface area (Å²) in [6.45, 7) is 6.28. The van der Waals surface area contributed by atoms with Gasteiger partial charge in [0.15, 0.2) is 0 Å². The molecule has 1 amide bonds. The van der Waals surface area contributed by atoms with Crippen molar-refractivity contribution in [3.05, 3.63) is 29.8 Å². The van der Waals surface area contributed by atoms with Crippen LogP contribution in [0.1, 0.15) is 24.8 Å². The van der Waals surface area contributed by atoms with Gasteiger partial charge in [0, 0.05) is 26.1 Å². The average Bonchev–Trinajstić information content (AvgIpc) is 2.72. The highest BCUT2D eigenvalue weighted by atomic mass is 16.5. The number of aryl methyl sites for hydroxylation is 1. The molecule has 1 aromatic rings. The van der Waals surface area contributed by atoms with E-state index in [2.05, 4.69) is 5.32 Å². The number of nitrogens with one attached hydrogen (secondary N) is 1. The number of amides is 1. The van der Waals surface area contributed by atoms with Crippen molar-refractivity contribution in [3.63, 3.8) is 0 Å². The number of carbonyl (C=O) groups is 1. The zero-order valence-electron chi connectivity index (χ0n) is 12.2. The molecule has 1 heterocycles. The van der Waals surface area contributed by atoms with Crippen molar-refractivity contribution < 1.29 is 9.53 Å². The Morgan fingerprint density at radius 2 is 2.25 bits per heavy atom. The van der Waals surface area contributed by atoms with E-state index in [1.807, 2.05) is 36.1 Å². The van der Waals surface area contributed by atoms with Crippen molar-refractivity contribution in [1.29, 1.82) is 0 Å². The van der Waals surface area contributed by atoms with Gasteiger partial charge < -0.3 is 15.0 Å². The summed E-state index contributed by atoms with van der Waals surface area (Å²) in [7, 11) is 0. The minimum absolute atomic E-state index is 0.251. The van der Waals surface area contributed by atoms with Crippen LogP contribution in [0.15, 0.2) is 24.3 Å². The van der Waals surface area contributed by atoms with Gasteiger partial charge in [-0.2, -0.15) is 0 Å². The fourth-order valence-electron chi connectivity index (χ4n) is 2.37. The number of benzene rings is 1. The fourth-order valence-corrected chi connectivity index (χ4v) is 2.37. The van der Waals surface area contributed by atoms with Crippen molar-refractivity contribution in [3.8, 4) is 5.75 Å². The van der Waals surface area contributed by atoms with Gasteiger partial charge >= 0.3 is 0 Å². The number of nitrogens with zero attached hydrogens (tertiary/aromatic N) is 1. The van der Waals surface area contributed by atoms with Crippen LogP contribution in [-0.2, 0) is 4.79 Å². The molecule has 110 valence electrons. The standard InChI is InChI=1S/C16H24N2O2/c1-14-5-2-6-15(13-14)20-12-3-7-16(19)18-10-4-8-17-9-11-18/h2,5-6,13,17H,3-4,7-12H2,1H3. The third kappa shape index (κ3) is 4.85. The Hall–Kier alpha value is -1.55. The van der Waals surface area contributed by atoms with Crippen molar-refractivity contribution in [2.75, 3.05) is 32.8 Å². The molecule has 0 unspecified atom stereocenters. The second kappa shape index (κ2) is 7.90. The van der Waals surface area contributed by atoms with Crippen LogP contribution < -0.4 is 10.1 Å². The zero-order valence-corrected chi connectivity index (χ0v) is 12.2. The first-order valence-corrected chi connectivity index (χ1v) is 7.44. The van der Waals surface area contributed by atoms with Crippen LogP contribution in [0.3, 0.4) is 0 Å². The third-order valence-electron chi connectivity index (χ3n) is 3.49. The predicted octanol–water partition coefficient (Wildman–Crippen LogP) is 1.98. The van der Waals surface area contributed by atoms with E-state index in [1.54, 1.807) is 0 Å². The van der Waals surface area contributed by atoms with E-state index in [1.165, 1.54) is 5.56 Å². The van der Waals surface area contributed by atoms with E-state index in [-0.39, 0.29) is 5.91 Å². The van der Waals surface area contributed by atoms with Crippen LogP contribution in [0.4, 0.5) is 0 Å². The predicted molar refractivity (Wildman–Crippen MR) is 80.0 cm³/mol. The smallest absolute Gasteiger partial charge is 0.222 e. The van der Waals surface area contributed by atoms with E-state index in [4.69, 9.17) is 4.74 Å². The zero-order chi connectivity index (χ0) is 14.2. The van der Waals surface area contributed by atoms with E-state index in [0.29, 0.717) is 13.0 Å². The summed E-state index contributed by atoms with van der Waals surface area (Å²) in [6, 6.07) is 8.00. The molecular weight excluding hydrogens is 252 g/mol. The summed E-state index contributed by atoms with van der Waals surface area (Å²) in [6.07, 6.45) is 2.40. The number of hydrogen-bond acceptors (Lipinski definition) is 3. The maximum atomic E-state index is 12.1. The van der Waals surface area contributed by atoms with Crippen LogP contribution >= 0.6 is 0 Å². The Morgan fingerprint density at radius 1 is 1.35 bits per heavy atom. The van der Waals surface area contributed by atoms with Gasteiger partial charge in [0.05, 0.1) is 6.61 Å². The highest BCUT2D eigenvalue weighted by molar-refractivity contribution is 5.76. The molecule has 2 rings (SSSR count). The Labute approximate surface area is 121 Å².